The van der Waals surface area contributed by atoms with E-state index < -0.39 is 17.8 Å². The normalized spacial score (nSPS) is 11.0. The molecule has 2 aromatic heterocycles. The Morgan fingerprint density at radius 2 is 1.91 bits per heavy atom. The van der Waals surface area contributed by atoms with E-state index in [1.807, 2.05) is 0 Å². The van der Waals surface area contributed by atoms with Gasteiger partial charge in [-0.15, -0.1) is 0 Å². The van der Waals surface area contributed by atoms with E-state index in [1.165, 1.54) is 18.6 Å². The average Bonchev–Trinajstić information content (AvgIpc) is 2.52. The van der Waals surface area contributed by atoms with Gasteiger partial charge in [0.05, 0.1) is 11.8 Å². The fourth-order valence-electron chi connectivity index (χ4n) is 1.55. The lowest BCUT2D eigenvalue weighted by Gasteiger charge is -2.08. The minimum absolute atomic E-state index is 0.0625. The molecular formula is C13H12F3N5O. The summed E-state index contributed by atoms with van der Waals surface area (Å²) in [5.41, 5.74) is -0.971. The number of halogens is 3. The first kappa shape index (κ1) is 15.7. The molecule has 2 aromatic rings. The van der Waals surface area contributed by atoms with Crippen LogP contribution in [0.4, 0.5) is 19.0 Å². The number of alkyl halides is 3. The highest BCUT2D eigenvalue weighted by molar-refractivity contribution is 5.93. The quantitative estimate of drug-likeness (QED) is 0.822. The van der Waals surface area contributed by atoms with E-state index in [1.54, 1.807) is 0 Å². The van der Waals surface area contributed by atoms with E-state index in [2.05, 4.69) is 25.6 Å². The first-order chi connectivity index (χ1) is 10.5. The van der Waals surface area contributed by atoms with Gasteiger partial charge in [0.1, 0.15) is 11.5 Å². The van der Waals surface area contributed by atoms with E-state index in [9.17, 15) is 18.0 Å². The van der Waals surface area contributed by atoms with Crippen LogP contribution in [0.2, 0.25) is 0 Å². The van der Waals surface area contributed by atoms with Gasteiger partial charge in [0, 0.05) is 31.7 Å². The lowest BCUT2D eigenvalue weighted by molar-refractivity contribution is -0.141. The first-order valence-corrected chi connectivity index (χ1v) is 6.28. The van der Waals surface area contributed by atoms with Crippen LogP contribution in [0.1, 0.15) is 16.1 Å². The fourth-order valence-corrected chi connectivity index (χ4v) is 1.55. The molecule has 2 rings (SSSR count). The largest absolute Gasteiger partial charge is 0.433 e. The maximum Gasteiger partial charge on any atom is 0.433 e. The number of rotatable bonds is 5. The number of nitrogens with one attached hydrogen (secondary N) is 2. The highest BCUT2D eigenvalue weighted by Crippen LogP contribution is 2.27. The number of pyridine rings is 1. The minimum atomic E-state index is -4.52. The highest BCUT2D eigenvalue weighted by atomic mass is 19.4. The highest BCUT2D eigenvalue weighted by Gasteiger charge is 2.32. The molecule has 22 heavy (non-hydrogen) atoms. The van der Waals surface area contributed by atoms with Gasteiger partial charge in [0.2, 0.25) is 0 Å². The maximum atomic E-state index is 12.3. The van der Waals surface area contributed by atoms with Crippen molar-refractivity contribution in [1.82, 2.24) is 20.3 Å². The Morgan fingerprint density at radius 3 is 2.50 bits per heavy atom. The number of hydrogen-bond acceptors (Lipinski definition) is 5. The lowest BCUT2D eigenvalue weighted by Crippen LogP contribution is -2.29. The van der Waals surface area contributed by atoms with E-state index in [4.69, 9.17) is 0 Å². The number of aromatic nitrogens is 3. The molecule has 1 amide bonds. The summed E-state index contributed by atoms with van der Waals surface area (Å²) in [5, 5.41) is 5.48. The number of nitrogens with zero attached hydrogens (tertiary/aromatic N) is 3. The minimum Gasteiger partial charge on any atom is -0.367 e. The van der Waals surface area contributed by atoms with Gasteiger partial charge in [-0.25, -0.2) is 4.98 Å². The molecule has 0 spiro atoms. The molecule has 0 atom stereocenters. The van der Waals surface area contributed by atoms with Crippen LogP contribution in [0.5, 0.6) is 0 Å². The summed E-state index contributed by atoms with van der Waals surface area (Å²) >= 11 is 0. The maximum absolute atomic E-state index is 12.3. The zero-order valence-electron chi connectivity index (χ0n) is 11.3. The molecule has 0 saturated heterocycles. The predicted octanol–water partition coefficient (Wildman–Crippen LogP) is 1.73. The van der Waals surface area contributed by atoms with Crippen LogP contribution in [0.25, 0.3) is 0 Å². The summed E-state index contributed by atoms with van der Waals surface area (Å²) in [7, 11) is 0. The van der Waals surface area contributed by atoms with Crippen molar-refractivity contribution in [2.24, 2.45) is 0 Å². The van der Waals surface area contributed by atoms with Crippen LogP contribution in [0.15, 0.2) is 36.9 Å². The van der Waals surface area contributed by atoms with E-state index in [-0.39, 0.29) is 12.1 Å². The van der Waals surface area contributed by atoms with Crippen molar-refractivity contribution in [2.45, 2.75) is 6.18 Å². The molecule has 0 bridgehead atoms. The Kier molecular flexibility index (Phi) is 4.87. The fraction of sp³-hybridized carbons (Fsp3) is 0.231. The number of amides is 1. The van der Waals surface area contributed by atoms with Crippen LogP contribution in [0, 0.1) is 0 Å². The topological polar surface area (TPSA) is 79.8 Å². The molecular weight excluding hydrogens is 299 g/mol. The molecule has 0 aliphatic carbocycles. The Bertz CT molecular complexity index is 616. The van der Waals surface area contributed by atoms with Gasteiger partial charge in [0.15, 0.2) is 0 Å². The molecule has 6 nitrogen and oxygen atoms in total. The van der Waals surface area contributed by atoms with Gasteiger partial charge in [-0.3, -0.25) is 14.8 Å². The Morgan fingerprint density at radius 1 is 1.09 bits per heavy atom. The summed E-state index contributed by atoms with van der Waals surface area (Å²) in [6, 6.07) is 1.86. The van der Waals surface area contributed by atoms with Crippen LogP contribution in [-0.4, -0.2) is 33.9 Å². The molecule has 2 N–H and O–H groups in total. The third-order valence-corrected chi connectivity index (χ3v) is 2.60. The Balaban J connectivity index is 1.80. The zero-order chi connectivity index (χ0) is 16.0. The third-order valence-electron chi connectivity index (χ3n) is 2.60. The molecule has 0 saturated carbocycles. The predicted molar refractivity (Wildman–Crippen MR) is 72.1 cm³/mol. The summed E-state index contributed by atoms with van der Waals surface area (Å²) < 4.78 is 37.0. The second kappa shape index (κ2) is 6.83. The summed E-state index contributed by atoms with van der Waals surface area (Å²) in [5.74, 6) is 0.0649. The van der Waals surface area contributed by atoms with Gasteiger partial charge in [0.25, 0.3) is 5.91 Å². The van der Waals surface area contributed by atoms with Gasteiger partial charge in [-0.1, -0.05) is 0 Å². The van der Waals surface area contributed by atoms with E-state index in [0.29, 0.717) is 12.4 Å². The van der Waals surface area contributed by atoms with Gasteiger partial charge >= 0.3 is 6.18 Å². The van der Waals surface area contributed by atoms with Crippen molar-refractivity contribution < 1.29 is 18.0 Å². The summed E-state index contributed by atoms with van der Waals surface area (Å²) in [6.07, 6.45) is 0.963. The second-order valence-corrected chi connectivity index (χ2v) is 4.20. The number of anilines is 1. The SMILES string of the molecule is O=C(NCCNc1cnccn1)c1ccc(C(F)(F)F)nc1. The molecule has 116 valence electrons. The van der Waals surface area contributed by atoms with Crippen molar-refractivity contribution in [1.29, 1.82) is 0 Å². The molecule has 0 aliphatic rings. The monoisotopic (exact) mass is 311 g/mol. The molecule has 9 heteroatoms. The van der Waals surface area contributed by atoms with E-state index in [0.717, 1.165) is 18.3 Å². The third kappa shape index (κ3) is 4.40. The van der Waals surface area contributed by atoms with Crippen molar-refractivity contribution >= 4 is 11.7 Å². The standard InChI is InChI=1S/C13H12F3N5O/c14-13(15,16)10-2-1-9(7-21-10)12(22)20-6-5-19-11-8-17-3-4-18-11/h1-4,7-8H,5-6H2,(H,18,19)(H,20,22). The number of carbonyl (C=O) groups excluding carboxylic acids is 1. The van der Waals surface area contributed by atoms with Crippen molar-refractivity contribution in [2.75, 3.05) is 18.4 Å². The Labute approximate surface area is 123 Å². The summed E-state index contributed by atoms with van der Waals surface area (Å²) in [6.45, 7) is 0.676. The first-order valence-electron chi connectivity index (χ1n) is 6.28. The smallest absolute Gasteiger partial charge is 0.367 e. The number of carbonyl (C=O) groups is 1. The summed E-state index contributed by atoms with van der Waals surface area (Å²) in [4.78, 5) is 22.8. The van der Waals surface area contributed by atoms with Crippen LogP contribution in [-0.2, 0) is 6.18 Å². The second-order valence-electron chi connectivity index (χ2n) is 4.20. The van der Waals surface area contributed by atoms with Crippen molar-refractivity contribution in [3.8, 4) is 0 Å². The molecule has 0 unspecified atom stereocenters. The Hall–Kier alpha value is -2.71. The van der Waals surface area contributed by atoms with Crippen LogP contribution >= 0.6 is 0 Å². The molecule has 0 aromatic carbocycles. The van der Waals surface area contributed by atoms with E-state index >= 15 is 0 Å². The molecule has 0 fully saturated rings. The molecule has 0 aliphatic heterocycles. The van der Waals surface area contributed by atoms with Crippen molar-refractivity contribution in [3.05, 3.63) is 48.2 Å². The van der Waals surface area contributed by atoms with Crippen LogP contribution in [0.3, 0.4) is 0 Å². The zero-order valence-corrected chi connectivity index (χ0v) is 11.3. The average molecular weight is 311 g/mol. The van der Waals surface area contributed by atoms with Crippen LogP contribution < -0.4 is 10.6 Å². The molecule has 2 heterocycles. The van der Waals surface area contributed by atoms with Crippen molar-refractivity contribution in [3.63, 3.8) is 0 Å². The van der Waals surface area contributed by atoms with Gasteiger partial charge in [-0.2, -0.15) is 13.2 Å². The lowest BCUT2D eigenvalue weighted by atomic mass is 10.2. The number of hydrogen-bond donors (Lipinski definition) is 2. The van der Waals surface area contributed by atoms with Gasteiger partial charge < -0.3 is 10.6 Å². The molecule has 0 radical (unpaired) electrons. The van der Waals surface area contributed by atoms with Gasteiger partial charge in [-0.05, 0) is 12.1 Å².